The van der Waals surface area contributed by atoms with E-state index in [0.717, 1.165) is 5.56 Å². The number of benzene rings is 1. The lowest BCUT2D eigenvalue weighted by molar-refractivity contribution is -0.142. The number of nitrogens with one attached hydrogen (secondary N) is 1. The van der Waals surface area contributed by atoms with Gasteiger partial charge in [0.05, 0.1) is 0 Å². The van der Waals surface area contributed by atoms with Gasteiger partial charge in [0, 0.05) is 5.02 Å². The van der Waals surface area contributed by atoms with Gasteiger partial charge in [-0.25, -0.2) is 4.79 Å². The highest BCUT2D eigenvalue weighted by molar-refractivity contribution is 7.98. The molecule has 0 heterocycles. The number of carboxylic acid groups (broad SMARTS) is 1. The van der Waals surface area contributed by atoms with E-state index in [1.807, 2.05) is 13.2 Å². The SMILES string of the molecule is CSCC[C@H](NC(=O)COc1ccc(Cl)c(C)c1)C(=O)O. The number of carbonyl (C=O) groups excluding carboxylic acids is 1. The molecule has 1 atom stereocenters. The van der Waals surface area contributed by atoms with Crippen molar-refractivity contribution in [3.05, 3.63) is 28.8 Å². The molecule has 21 heavy (non-hydrogen) atoms. The molecule has 0 spiro atoms. The minimum absolute atomic E-state index is 0.232. The van der Waals surface area contributed by atoms with E-state index >= 15 is 0 Å². The van der Waals surface area contributed by atoms with Crippen LogP contribution in [0.4, 0.5) is 0 Å². The van der Waals surface area contributed by atoms with E-state index in [2.05, 4.69) is 5.32 Å². The van der Waals surface area contributed by atoms with E-state index in [9.17, 15) is 9.59 Å². The zero-order chi connectivity index (χ0) is 15.8. The van der Waals surface area contributed by atoms with Gasteiger partial charge in [-0.2, -0.15) is 11.8 Å². The molecular formula is C14H18ClNO4S. The molecule has 1 amide bonds. The second-order valence-corrected chi connectivity index (χ2v) is 5.83. The quantitative estimate of drug-likeness (QED) is 0.764. The molecule has 0 aliphatic carbocycles. The maximum Gasteiger partial charge on any atom is 0.326 e. The zero-order valence-corrected chi connectivity index (χ0v) is 13.5. The molecule has 7 heteroatoms. The summed E-state index contributed by atoms with van der Waals surface area (Å²) in [6.45, 7) is 1.60. The predicted molar refractivity (Wildman–Crippen MR) is 84.2 cm³/mol. The Kier molecular flexibility index (Phi) is 7.39. The molecule has 0 aliphatic heterocycles. The van der Waals surface area contributed by atoms with Crippen molar-refractivity contribution in [3.63, 3.8) is 0 Å². The maximum absolute atomic E-state index is 11.7. The van der Waals surface area contributed by atoms with Crippen LogP contribution in [0.5, 0.6) is 5.75 Å². The normalized spacial score (nSPS) is 11.8. The summed E-state index contributed by atoms with van der Waals surface area (Å²) in [5.74, 6) is -0.326. The molecule has 0 radical (unpaired) electrons. The van der Waals surface area contributed by atoms with Gasteiger partial charge >= 0.3 is 5.97 Å². The largest absolute Gasteiger partial charge is 0.484 e. The van der Waals surface area contributed by atoms with Crippen molar-refractivity contribution in [2.45, 2.75) is 19.4 Å². The van der Waals surface area contributed by atoms with E-state index < -0.39 is 17.9 Å². The number of ether oxygens (including phenoxy) is 1. The van der Waals surface area contributed by atoms with Crippen LogP contribution in [0.15, 0.2) is 18.2 Å². The summed E-state index contributed by atoms with van der Waals surface area (Å²) in [6.07, 6.45) is 2.26. The lowest BCUT2D eigenvalue weighted by Crippen LogP contribution is -2.43. The fourth-order valence-electron chi connectivity index (χ4n) is 1.58. The molecule has 1 aromatic rings. The first-order valence-corrected chi connectivity index (χ1v) is 8.11. The number of aryl methyl sites for hydroxylation is 1. The Bertz CT molecular complexity index is 510. The number of rotatable bonds is 8. The monoisotopic (exact) mass is 331 g/mol. The Balaban J connectivity index is 2.48. The summed E-state index contributed by atoms with van der Waals surface area (Å²) in [6, 6.07) is 4.17. The summed E-state index contributed by atoms with van der Waals surface area (Å²) in [4.78, 5) is 22.7. The molecule has 5 nitrogen and oxygen atoms in total. The molecule has 0 saturated heterocycles. The summed E-state index contributed by atoms with van der Waals surface area (Å²) < 4.78 is 5.32. The Morgan fingerprint density at radius 2 is 2.19 bits per heavy atom. The molecular weight excluding hydrogens is 314 g/mol. The van der Waals surface area contributed by atoms with E-state index in [0.29, 0.717) is 22.9 Å². The number of hydrogen-bond acceptors (Lipinski definition) is 4. The molecule has 0 aromatic heterocycles. The molecule has 0 fully saturated rings. The highest BCUT2D eigenvalue weighted by Crippen LogP contribution is 2.20. The topological polar surface area (TPSA) is 75.6 Å². The third kappa shape index (κ3) is 6.27. The number of aliphatic carboxylic acids is 1. The van der Waals surface area contributed by atoms with Crippen molar-refractivity contribution in [2.24, 2.45) is 0 Å². The molecule has 2 N–H and O–H groups in total. The van der Waals surface area contributed by atoms with Crippen LogP contribution in [-0.4, -0.2) is 41.6 Å². The first-order chi connectivity index (χ1) is 9.93. The Hall–Kier alpha value is -1.40. The van der Waals surface area contributed by atoms with Gasteiger partial charge in [0.1, 0.15) is 11.8 Å². The maximum atomic E-state index is 11.7. The second kappa shape index (κ2) is 8.79. The summed E-state index contributed by atoms with van der Waals surface area (Å²) >= 11 is 7.42. The molecule has 0 unspecified atom stereocenters. The summed E-state index contributed by atoms with van der Waals surface area (Å²) in [7, 11) is 0. The molecule has 0 saturated carbocycles. The van der Waals surface area contributed by atoms with Crippen molar-refractivity contribution in [2.75, 3.05) is 18.6 Å². The van der Waals surface area contributed by atoms with Gasteiger partial charge in [-0.3, -0.25) is 4.79 Å². The molecule has 1 rings (SSSR count). The third-order valence-corrected chi connectivity index (χ3v) is 3.81. The van der Waals surface area contributed by atoms with Crippen molar-refractivity contribution in [3.8, 4) is 5.75 Å². The lowest BCUT2D eigenvalue weighted by Gasteiger charge is -2.14. The standard InChI is InChI=1S/C14H18ClNO4S/c1-9-7-10(3-4-11(9)15)20-8-13(17)16-12(14(18)19)5-6-21-2/h3-4,7,12H,5-6,8H2,1-2H3,(H,16,17)(H,18,19)/t12-/m0/s1. The number of carboxylic acids is 1. The molecule has 1 aromatic carbocycles. The Morgan fingerprint density at radius 1 is 1.48 bits per heavy atom. The van der Waals surface area contributed by atoms with E-state index in [1.165, 1.54) is 11.8 Å². The highest BCUT2D eigenvalue weighted by Gasteiger charge is 2.19. The van der Waals surface area contributed by atoms with Crippen LogP contribution in [0.2, 0.25) is 5.02 Å². The van der Waals surface area contributed by atoms with Crippen LogP contribution in [0.3, 0.4) is 0 Å². The van der Waals surface area contributed by atoms with Gasteiger partial charge < -0.3 is 15.2 Å². The minimum Gasteiger partial charge on any atom is -0.484 e. The Labute approximate surface area is 133 Å². The van der Waals surface area contributed by atoms with Gasteiger partial charge in [-0.05, 0) is 49.1 Å². The van der Waals surface area contributed by atoms with Crippen LogP contribution in [0.25, 0.3) is 0 Å². The fraction of sp³-hybridized carbons (Fsp3) is 0.429. The lowest BCUT2D eigenvalue weighted by atomic mass is 10.2. The van der Waals surface area contributed by atoms with Crippen molar-refractivity contribution in [1.29, 1.82) is 0 Å². The highest BCUT2D eigenvalue weighted by atomic mass is 35.5. The van der Waals surface area contributed by atoms with Crippen LogP contribution in [0.1, 0.15) is 12.0 Å². The van der Waals surface area contributed by atoms with Crippen molar-refractivity contribution >= 4 is 35.2 Å². The van der Waals surface area contributed by atoms with E-state index in [4.69, 9.17) is 21.4 Å². The number of amides is 1. The van der Waals surface area contributed by atoms with Gasteiger partial charge in [0.15, 0.2) is 6.61 Å². The molecule has 116 valence electrons. The average Bonchev–Trinajstić information content (AvgIpc) is 2.44. The van der Waals surface area contributed by atoms with Gasteiger partial charge in [-0.15, -0.1) is 0 Å². The number of thioether (sulfide) groups is 1. The van der Waals surface area contributed by atoms with Crippen LogP contribution in [0, 0.1) is 6.92 Å². The third-order valence-electron chi connectivity index (χ3n) is 2.74. The number of carbonyl (C=O) groups is 2. The van der Waals surface area contributed by atoms with Crippen molar-refractivity contribution in [1.82, 2.24) is 5.32 Å². The first kappa shape index (κ1) is 17.7. The minimum atomic E-state index is -1.04. The van der Waals surface area contributed by atoms with Gasteiger partial charge in [0.25, 0.3) is 5.91 Å². The number of hydrogen-bond donors (Lipinski definition) is 2. The Morgan fingerprint density at radius 3 is 2.76 bits per heavy atom. The van der Waals surface area contributed by atoms with Gasteiger partial charge in [-0.1, -0.05) is 11.6 Å². The molecule has 0 bridgehead atoms. The van der Waals surface area contributed by atoms with Crippen LogP contribution < -0.4 is 10.1 Å². The second-order valence-electron chi connectivity index (χ2n) is 4.44. The zero-order valence-electron chi connectivity index (χ0n) is 11.9. The fourth-order valence-corrected chi connectivity index (χ4v) is 2.17. The van der Waals surface area contributed by atoms with Crippen molar-refractivity contribution < 1.29 is 19.4 Å². The predicted octanol–water partition coefficient (Wildman–Crippen LogP) is 2.35. The van der Waals surface area contributed by atoms with E-state index in [-0.39, 0.29) is 6.61 Å². The van der Waals surface area contributed by atoms with Gasteiger partial charge in [0.2, 0.25) is 0 Å². The average molecular weight is 332 g/mol. The number of halogens is 1. The van der Waals surface area contributed by atoms with Crippen LogP contribution in [-0.2, 0) is 9.59 Å². The van der Waals surface area contributed by atoms with Crippen LogP contribution >= 0.6 is 23.4 Å². The summed E-state index contributed by atoms with van der Waals surface area (Å²) in [5.41, 5.74) is 0.845. The van der Waals surface area contributed by atoms with E-state index in [1.54, 1.807) is 18.2 Å². The first-order valence-electron chi connectivity index (χ1n) is 6.34. The molecule has 0 aliphatic rings. The summed E-state index contributed by atoms with van der Waals surface area (Å²) in [5, 5.41) is 12.1. The smallest absolute Gasteiger partial charge is 0.326 e.